The number of carbonyl (C=O) groups excluding carboxylic acids is 3. The smallest absolute Gasteiger partial charge is 0.330 e. The monoisotopic (exact) mass is 1390 g/mol. The van der Waals surface area contributed by atoms with Crippen LogP contribution >= 0.6 is 0 Å². The molecule has 4 saturated carbocycles. The number of aliphatic hydroxyl groups excluding tert-OH is 19. The molecule has 20 N–H and O–H groups in total. The van der Waals surface area contributed by atoms with E-state index in [1.807, 2.05) is 0 Å². The van der Waals surface area contributed by atoms with Crippen molar-refractivity contribution >= 4 is 23.9 Å². The first-order valence-electron chi connectivity index (χ1n) is 32.3. The van der Waals surface area contributed by atoms with Gasteiger partial charge in [-0.05, 0) is 82.0 Å². The number of fused-ring (bicyclic) bond motifs is 1. The van der Waals surface area contributed by atoms with Crippen LogP contribution in [0, 0.1) is 23.7 Å². The fourth-order valence-electron chi connectivity index (χ4n) is 14.1. The van der Waals surface area contributed by atoms with E-state index >= 15 is 0 Å². The van der Waals surface area contributed by atoms with Crippen molar-refractivity contribution in [3.05, 3.63) is 24.3 Å². The summed E-state index contributed by atoms with van der Waals surface area (Å²) < 4.78 is 69.1. The van der Waals surface area contributed by atoms with Gasteiger partial charge in [-0.2, -0.15) is 0 Å². The largest absolute Gasteiger partial charge is 0.481 e. The van der Waals surface area contributed by atoms with Gasteiger partial charge in [0, 0.05) is 24.5 Å². The molecule has 0 aromatic carbocycles. The minimum absolute atomic E-state index is 0.00612. The second kappa shape index (κ2) is 33.8. The fraction of sp³-hybridized carbons (Fsp3) is 0.867. The van der Waals surface area contributed by atoms with E-state index in [1.165, 1.54) is 12.2 Å². The summed E-state index contributed by atoms with van der Waals surface area (Å²) in [6.45, 7) is -2.78. The molecule has 0 aromatic heterocycles. The number of aliphatic hydroxyl groups is 19. The van der Waals surface area contributed by atoms with E-state index in [4.69, 9.17) is 61.9 Å². The molecule has 9 rings (SSSR count). The van der Waals surface area contributed by atoms with Crippen LogP contribution in [0.1, 0.15) is 77.0 Å². The Balaban J connectivity index is 0.751. The maximum absolute atomic E-state index is 13.2. The van der Waals surface area contributed by atoms with E-state index in [0.29, 0.717) is 6.42 Å². The van der Waals surface area contributed by atoms with Gasteiger partial charge in [-0.1, -0.05) is 12.2 Å². The Bertz CT molecular complexity index is 2570. The Morgan fingerprint density at radius 1 is 0.385 bits per heavy atom. The molecule has 5 heterocycles. The first-order chi connectivity index (χ1) is 45.5. The Hall–Kier alpha value is -3.76. The molecule has 9 aliphatic rings. The average Bonchev–Trinajstić information content (AvgIpc) is 0.771. The van der Waals surface area contributed by atoms with Crippen molar-refractivity contribution in [3.8, 4) is 0 Å². The van der Waals surface area contributed by atoms with Crippen molar-refractivity contribution in [2.75, 3.05) is 26.4 Å². The molecule has 5 aliphatic heterocycles. The molecule has 14 unspecified atom stereocenters. The lowest BCUT2D eigenvalue weighted by molar-refractivity contribution is -0.345. The molecular formula is C60H92O36. The van der Waals surface area contributed by atoms with Crippen molar-refractivity contribution in [1.29, 1.82) is 0 Å². The zero-order valence-corrected chi connectivity index (χ0v) is 51.9. The summed E-state index contributed by atoms with van der Waals surface area (Å²) in [6, 6.07) is 0. The second-order valence-electron chi connectivity index (χ2n) is 26.5. The van der Waals surface area contributed by atoms with Crippen LogP contribution in [0.5, 0.6) is 0 Å². The van der Waals surface area contributed by atoms with Gasteiger partial charge in [0.05, 0.1) is 73.8 Å². The molecular weight excluding hydrogens is 1300 g/mol. The standard InChI is InChI=1S/C60H92O36/c61-17-35-44(73)48(77)52(81)57(93-35)89-30-5-1-21(9-26(30)63)3-7-40(69)85-18-36-45(74)49(78)53(82)58(94-36)90-31-6-2-22(10-27(31)64)4-8-41(70)86-19-37-46(75)51(80)55(84)60(96-37)92-34-15-25-32(88-56(34)23-11-28(65)43(72)29(66)12-23)13-24(62)14-33(25)91-59-54(83)50(79)47(76)38(95-59)20-87-42(71)16-39(67)68/h3-4,7-8,21-38,43-66,72-84H,1-2,5-6,9-20H2,(H,67,68)/t21?,22?,23?,24?,25?,26?,27?,28?,29?,30?,31?,32?,33?,34?,35-,36-,37-,38-,43?,44-,45-,46-,47-,48+,49+,50+,51+,52-,53-,54-,55-,56?,57-,58-,59-,60-/m1/s1. The van der Waals surface area contributed by atoms with Crippen LogP contribution in [-0.2, 0) is 76.0 Å². The van der Waals surface area contributed by atoms with Crippen LogP contribution in [0.4, 0.5) is 0 Å². The number of rotatable bonds is 22. The van der Waals surface area contributed by atoms with E-state index < -0.39 is 271 Å². The Labute approximate surface area is 548 Å². The lowest BCUT2D eigenvalue weighted by atomic mass is 9.72. The van der Waals surface area contributed by atoms with Crippen LogP contribution in [-0.4, -0.2) is 349 Å². The molecule has 0 amide bonds. The molecule has 0 aromatic rings. The maximum Gasteiger partial charge on any atom is 0.330 e. The molecule has 9 fully saturated rings. The zero-order chi connectivity index (χ0) is 69.7. The Kier molecular flexibility index (Phi) is 26.9. The van der Waals surface area contributed by atoms with Crippen LogP contribution in [0.2, 0.25) is 0 Å². The van der Waals surface area contributed by atoms with Crippen LogP contribution in [0.3, 0.4) is 0 Å². The zero-order valence-electron chi connectivity index (χ0n) is 51.9. The number of carbonyl (C=O) groups is 4. The van der Waals surface area contributed by atoms with Crippen molar-refractivity contribution in [2.45, 2.75) is 273 Å². The van der Waals surface area contributed by atoms with Gasteiger partial charge in [-0.25, -0.2) is 9.59 Å². The topological polar surface area (TPSA) is 584 Å². The summed E-state index contributed by atoms with van der Waals surface area (Å²) in [5, 5.41) is 212. The SMILES string of the molecule is O=C(O)CC(=O)OC[C@H]1O[C@@H](OC2CC(O)CC3OC(C4CC(O)C(O)C(O)C4)C(O[C@@H]4O[C@H](COC(=O)C=CC5CCC(O[C@@H]6O[C@H](COC(=O)C=CC7CCC(O[C@@H]8O[C@H](CO)[C@@H](O)[C@H](O)[C@H]8O)C(O)C7)[C@@H](O)[C@H](O)[C@H]6O)C(O)C5)[C@@H](O)[C@H](O)[C@H]4O)CC32)[C@H](O)[C@@H](O)[C@@H]1O. The summed E-state index contributed by atoms with van der Waals surface area (Å²) in [5.74, 6) is -6.96. The maximum atomic E-state index is 13.2. The third-order valence-electron chi connectivity index (χ3n) is 19.7. The minimum atomic E-state index is -1.98. The molecule has 34 atom stereocenters. The van der Waals surface area contributed by atoms with Crippen molar-refractivity contribution in [2.24, 2.45) is 23.7 Å². The van der Waals surface area contributed by atoms with Crippen molar-refractivity contribution < 1.29 is 178 Å². The lowest BCUT2D eigenvalue weighted by Crippen LogP contribution is -2.63. The number of ether oxygens (including phenoxy) is 12. The molecule has 0 radical (unpaired) electrons. The van der Waals surface area contributed by atoms with Crippen LogP contribution in [0.25, 0.3) is 0 Å². The van der Waals surface area contributed by atoms with E-state index in [1.54, 1.807) is 0 Å². The summed E-state index contributed by atoms with van der Waals surface area (Å²) >= 11 is 0. The minimum Gasteiger partial charge on any atom is -0.481 e. The number of hydrogen-bond acceptors (Lipinski definition) is 35. The van der Waals surface area contributed by atoms with Crippen molar-refractivity contribution in [3.63, 3.8) is 0 Å². The molecule has 5 saturated heterocycles. The number of carboxylic acids is 1. The van der Waals surface area contributed by atoms with E-state index in [0.717, 1.165) is 12.2 Å². The summed E-state index contributed by atoms with van der Waals surface area (Å²) in [5.41, 5.74) is 0. The summed E-state index contributed by atoms with van der Waals surface area (Å²) in [6.07, 6.45) is -43.8. The normalized spacial score (nSPS) is 48.0. The molecule has 0 spiro atoms. The number of allylic oxidation sites excluding steroid dienone is 2. The van der Waals surface area contributed by atoms with Gasteiger partial charge in [0.2, 0.25) is 0 Å². The first-order valence-corrected chi connectivity index (χ1v) is 32.3. The number of esters is 3. The average molecular weight is 1390 g/mol. The highest BCUT2D eigenvalue weighted by molar-refractivity contribution is 5.90. The molecule has 4 aliphatic carbocycles. The number of aliphatic carboxylic acids is 1. The highest BCUT2D eigenvalue weighted by Crippen LogP contribution is 2.46. The second-order valence-corrected chi connectivity index (χ2v) is 26.5. The van der Waals surface area contributed by atoms with Gasteiger partial charge in [0.15, 0.2) is 25.2 Å². The first kappa shape index (κ1) is 76.4. The molecule has 548 valence electrons. The van der Waals surface area contributed by atoms with Gasteiger partial charge in [-0.3, -0.25) is 9.59 Å². The van der Waals surface area contributed by atoms with Gasteiger partial charge in [0.1, 0.15) is 130 Å². The highest BCUT2D eigenvalue weighted by atomic mass is 16.7. The quantitative estimate of drug-likeness (QED) is 0.0207. The number of carboxylic acid groups (broad SMARTS) is 1. The lowest BCUT2D eigenvalue weighted by Gasteiger charge is -2.52. The van der Waals surface area contributed by atoms with E-state index in [2.05, 4.69) is 0 Å². The molecule has 36 heteroatoms. The molecule has 0 bridgehead atoms. The third-order valence-corrected chi connectivity index (χ3v) is 19.7. The third kappa shape index (κ3) is 18.5. The van der Waals surface area contributed by atoms with Crippen LogP contribution < -0.4 is 0 Å². The van der Waals surface area contributed by atoms with Crippen LogP contribution in [0.15, 0.2) is 24.3 Å². The molecule has 36 nitrogen and oxygen atoms in total. The van der Waals surface area contributed by atoms with Crippen molar-refractivity contribution in [1.82, 2.24) is 0 Å². The van der Waals surface area contributed by atoms with Gasteiger partial charge in [0.25, 0.3) is 0 Å². The Morgan fingerprint density at radius 2 is 0.781 bits per heavy atom. The fourth-order valence-corrected chi connectivity index (χ4v) is 14.1. The van der Waals surface area contributed by atoms with Gasteiger partial charge >= 0.3 is 23.9 Å². The number of hydrogen-bond donors (Lipinski definition) is 20. The van der Waals surface area contributed by atoms with E-state index in [-0.39, 0.29) is 70.1 Å². The van der Waals surface area contributed by atoms with Gasteiger partial charge < -0.3 is 159 Å². The summed E-state index contributed by atoms with van der Waals surface area (Å²) in [7, 11) is 0. The van der Waals surface area contributed by atoms with Gasteiger partial charge in [-0.15, -0.1) is 0 Å². The predicted octanol–water partition coefficient (Wildman–Crippen LogP) is -9.29. The summed E-state index contributed by atoms with van der Waals surface area (Å²) in [4.78, 5) is 49.0. The highest BCUT2D eigenvalue weighted by Gasteiger charge is 2.56. The predicted molar refractivity (Wildman–Crippen MR) is 306 cm³/mol. The Morgan fingerprint density at radius 3 is 1.20 bits per heavy atom. The molecule has 96 heavy (non-hydrogen) atoms. The van der Waals surface area contributed by atoms with E-state index in [9.17, 15) is 116 Å².